The number of aromatic amines is 1. The summed E-state index contributed by atoms with van der Waals surface area (Å²) in [7, 11) is 0. The average Bonchev–Trinajstić information content (AvgIpc) is 2.47. The van der Waals surface area contributed by atoms with Crippen LogP contribution in [0.4, 0.5) is 5.69 Å². The molecule has 0 fully saturated rings. The van der Waals surface area contributed by atoms with E-state index < -0.39 is 5.97 Å². The van der Waals surface area contributed by atoms with E-state index in [0.717, 1.165) is 0 Å². The number of rotatable bonds is 4. The molecule has 0 aliphatic heterocycles. The first-order chi connectivity index (χ1) is 7.04. The zero-order valence-electron chi connectivity index (χ0n) is 8.33. The molecular weight excluding hydrogens is 196 g/mol. The number of carbonyl (C=O) groups excluding carboxylic acids is 1. The van der Waals surface area contributed by atoms with Crippen molar-refractivity contribution in [3.05, 3.63) is 30.1 Å². The third kappa shape index (κ3) is 2.70. The molecule has 5 heteroatoms. The first-order valence-electron chi connectivity index (χ1n) is 4.38. The van der Waals surface area contributed by atoms with Gasteiger partial charge in [0.2, 0.25) is 5.91 Å². The molecule has 0 saturated heterocycles. The molecule has 0 aliphatic rings. The summed E-state index contributed by atoms with van der Waals surface area (Å²) >= 11 is 0. The van der Waals surface area contributed by atoms with Crippen molar-refractivity contribution < 1.29 is 14.7 Å². The van der Waals surface area contributed by atoms with Crippen LogP contribution in [0.1, 0.15) is 22.6 Å². The van der Waals surface area contributed by atoms with Gasteiger partial charge in [0.1, 0.15) is 5.69 Å². The Morgan fingerprint density at radius 3 is 2.87 bits per heavy atom. The number of carbonyl (C=O) groups is 2. The Labute approximate surface area is 86.8 Å². The topological polar surface area (TPSA) is 82.2 Å². The number of anilines is 1. The fourth-order valence-corrected chi connectivity index (χ4v) is 1.19. The maximum atomic E-state index is 11.2. The Balaban J connectivity index is 2.88. The van der Waals surface area contributed by atoms with Crippen LogP contribution in [0.3, 0.4) is 0 Å². The molecule has 0 aliphatic carbocycles. The third-order valence-electron chi connectivity index (χ3n) is 1.77. The van der Waals surface area contributed by atoms with E-state index >= 15 is 0 Å². The summed E-state index contributed by atoms with van der Waals surface area (Å²) in [5.74, 6) is -1.39. The van der Waals surface area contributed by atoms with Gasteiger partial charge in [-0.2, -0.15) is 0 Å². The molecular formula is C10H12N2O3. The normalized spacial score (nSPS) is 9.67. The summed E-state index contributed by atoms with van der Waals surface area (Å²) in [4.78, 5) is 24.6. The van der Waals surface area contributed by atoms with Gasteiger partial charge in [-0.15, -0.1) is 6.58 Å². The van der Waals surface area contributed by atoms with E-state index in [0.29, 0.717) is 5.69 Å². The van der Waals surface area contributed by atoms with E-state index in [-0.39, 0.29) is 23.7 Å². The van der Waals surface area contributed by atoms with Crippen LogP contribution >= 0.6 is 0 Å². The Morgan fingerprint density at radius 1 is 1.67 bits per heavy atom. The molecule has 3 N–H and O–H groups in total. The summed E-state index contributed by atoms with van der Waals surface area (Å²) in [6.45, 7) is 5.14. The smallest absolute Gasteiger partial charge is 0.354 e. The Bertz CT molecular complexity index is 407. The van der Waals surface area contributed by atoms with Crippen molar-refractivity contribution in [2.24, 2.45) is 0 Å². The van der Waals surface area contributed by atoms with E-state index in [1.165, 1.54) is 6.08 Å². The molecule has 0 radical (unpaired) electrons. The Morgan fingerprint density at radius 2 is 2.33 bits per heavy atom. The van der Waals surface area contributed by atoms with Crippen molar-refractivity contribution in [3.63, 3.8) is 0 Å². The number of carboxylic acids is 1. The molecule has 0 atom stereocenters. The molecule has 0 saturated carbocycles. The minimum Gasteiger partial charge on any atom is -0.477 e. The van der Waals surface area contributed by atoms with E-state index in [9.17, 15) is 9.59 Å². The largest absolute Gasteiger partial charge is 0.477 e. The van der Waals surface area contributed by atoms with Crippen LogP contribution in [-0.2, 0) is 4.79 Å². The van der Waals surface area contributed by atoms with E-state index in [1.807, 2.05) is 0 Å². The molecule has 0 unspecified atom stereocenters. The van der Waals surface area contributed by atoms with Crippen molar-refractivity contribution in [3.8, 4) is 0 Å². The molecule has 0 bridgehead atoms. The van der Waals surface area contributed by atoms with Gasteiger partial charge >= 0.3 is 5.97 Å². The van der Waals surface area contributed by atoms with Crippen molar-refractivity contribution in [1.29, 1.82) is 0 Å². The van der Waals surface area contributed by atoms with Gasteiger partial charge in [-0.05, 0) is 13.0 Å². The van der Waals surface area contributed by atoms with Gasteiger partial charge in [0.15, 0.2) is 0 Å². The van der Waals surface area contributed by atoms with Crippen LogP contribution in [0.15, 0.2) is 18.7 Å². The number of aromatic carboxylic acids is 1. The van der Waals surface area contributed by atoms with E-state index in [2.05, 4.69) is 16.9 Å². The molecule has 80 valence electrons. The lowest BCUT2D eigenvalue weighted by atomic mass is 10.3. The molecule has 5 nitrogen and oxygen atoms in total. The first kappa shape index (κ1) is 11.0. The highest BCUT2D eigenvalue weighted by molar-refractivity contribution is 5.99. The highest BCUT2D eigenvalue weighted by atomic mass is 16.4. The summed E-state index contributed by atoms with van der Waals surface area (Å²) < 4.78 is 0. The van der Waals surface area contributed by atoms with Crippen LogP contribution in [0, 0.1) is 6.92 Å². The molecule has 1 heterocycles. The van der Waals surface area contributed by atoms with Gasteiger partial charge < -0.3 is 15.4 Å². The van der Waals surface area contributed by atoms with Gasteiger partial charge in [-0.25, -0.2) is 4.79 Å². The quantitative estimate of drug-likeness (QED) is 0.656. The Kier molecular flexibility index (Phi) is 3.28. The van der Waals surface area contributed by atoms with Gasteiger partial charge in [0.25, 0.3) is 0 Å². The fourth-order valence-electron chi connectivity index (χ4n) is 1.19. The molecule has 1 amide bonds. The molecule has 1 rings (SSSR count). The van der Waals surface area contributed by atoms with Crippen LogP contribution in [0.25, 0.3) is 0 Å². The minimum atomic E-state index is -1.10. The minimum absolute atomic E-state index is 0.00934. The highest BCUT2D eigenvalue weighted by Gasteiger charge is 2.14. The number of aryl methyl sites for hydroxylation is 1. The Hall–Kier alpha value is -2.04. The predicted octanol–water partition coefficient (Wildman–Crippen LogP) is 1.54. The van der Waals surface area contributed by atoms with Crippen molar-refractivity contribution in [2.75, 3.05) is 5.32 Å². The molecule has 0 aromatic carbocycles. The molecule has 15 heavy (non-hydrogen) atoms. The van der Waals surface area contributed by atoms with Crippen molar-refractivity contribution >= 4 is 17.6 Å². The van der Waals surface area contributed by atoms with Gasteiger partial charge in [0.05, 0.1) is 5.69 Å². The maximum Gasteiger partial charge on any atom is 0.354 e. The number of hydrogen-bond donors (Lipinski definition) is 3. The molecule has 1 aromatic rings. The second kappa shape index (κ2) is 4.45. The van der Waals surface area contributed by atoms with Crippen molar-refractivity contribution in [1.82, 2.24) is 4.98 Å². The predicted molar refractivity (Wildman–Crippen MR) is 55.9 cm³/mol. The summed E-state index contributed by atoms with van der Waals surface area (Å²) in [5.41, 5.74) is 0.957. The van der Waals surface area contributed by atoms with Gasteiger partial charge in [0, 0.05) is 12.1 Å². The lowest BCUT2D eigenvalue weighted by Gasteiger charge is -2.01. The summed E-state index contributed by atoms with van der Waals surface area (Å²) in [6.07, 6.45) is 1.61. The number of carboxylic acid groups (broad SMARTS) is 1. The number of amides is 1. The second-order valence-corrected chi connectivity index (χ2v) is 3.09. The number of hydrogen-bond acceptors (Lipinski definition) is 2. The number of aromatic nitrogens is 1. The SMILES string of the molecule is C=CCC(=O)Nc1cc(C)[nH]c1C(=O)O. The zero-order chi connectivity index (χ0) is 11.4. The standard InChI is InChI=1S/C10H12N2O3/c1-3-4-8(13)12-7-5-6(2)11-9(7)10(14)15/h3,5,11H,1,4H2,2H3,(H,12,13)(H,14,15). The summed E-state index contributed by atoms with van der Waals surface area (Å²) in [6, 6.07) is 1.57. The number of H-pyrrole nitrogens is 1. The monoisotopic (exact) mass is 208 g/mol. The van der Waals surface area contributed by atoms with Crippen LogP contribution < -0.4 is 5.32 Å². The first-order valence-corrected chi connectivity index (χ1v) is 4.38. The summed E-state index contributed by atoms with van der Waals surface area (Å²) in [5, 5.41) is 11.3. The number of nitrogens with one attached hydrogen (secondary N) is 2. The zero-order valence-corrected chi connectivity index (χ0v) is 8.33. The second-order valence-electron chi connectivity index (χ2n) is 3.09. The van der Waals surface area contributed by atoms with Crippen LogP contribution in [0.5, 0.6) is 0 Å². The van der Waals surface area contributed by atoms with Crippen molar-refractivity contribution in [2.45, 2.75) is 13.3 Å². The average molecular weight is 208 g/mol. The maximum absolute atomic E-state index is 11.2. The van der Waals surface area contributed by atoms with Gasteiger partial charge in [-0.1, -0.05) is 6.08 Å². The van der Waals surface area contributed by atoms with E-state index in [1.54, 1.807) is 13.0 Å². The molecule has 0 spiro atoms. The third-order valence-corrected chi connectivity index (χ3v) is 1.77. The lowest BCUT2D eigenvalue weighted by Crippen LogP contribution is -2.12. The molecule has 1 aromatic heterocycles. The van der Waals surface area contributed by atoms with Crippen LogP contribution in [-0.4, -0.2) is 22.0 Å². The highest BCUT2D eigenvalue weighted by Crippen LogP contribution is 2.16. The van der Waals surface area contributed by atoms with Crippen LogP contribution in [0.2, 0.25) is 0 Å². The van der Waals surface area contributed by atoms with E-state index in [4.69, 9.17) is 5.11 Å². The fraction of sp³-hybridized carbons (Fsp3) is 0.200. The lowest BCUT2D eigenvalue weighted by molar-refractivity contribution is -0.115. The van der Waals surface area contributed by atoms with Gasteiger partial charge in [-0.3, -0.25) is 4.79 Å².